The van der Waals surface area contributed by atoms with E-state index < -0.39 is 0 Å². The second kappa shape index (κ2) is 5.03. The minimum Gasteiger partial charge on any atom is -0.459 e. The summed E-state index contributed by atoms with van der Waals surface area (Å²) in [5.41, 5.74) is 0. The minimum absolute atomic E-state index is 0.396. The third-order valence-corrected chi connectivity index (χ3v) is 4.34. The molecule has 3 aromatic heterocycles. The molecule has 3 heterocycles. The first-order valence-electron chi connectivity index (χ1n) is 6.69. The fourth-order valence-electron chi connectivity index (χ4n) is 2.09. The lowest BCUT2D eigenvalue weighted by Gasteiger charge is -2.00. The van der Waals surface area contributed by atoms with Crippen LogP contribution in [0, 0.1) is 0 Å². The Hall–Kier alpha value is -2.09. The van der Waals surface area contributed by atoms with E-state index in [-0.39, 0.29) is 0 Å². The van der Waals surface area contributed by atoms with Gasteiger partial charge in [-0.1, -0.05) is 11.8 Å². The van der Waals surface area contributed by atoms with Crippen molar-refractivity contribution >= 4 is 11.8 Å². The summed E-state index contributed by atoms with van der Waals surface area (Å²) in [6.45, 7) is 0. The fourth-order valence-corrected chi connectivity index (χ4v) is 2.84. The van der Waals surface area contributed by atoms with Crippen molar-refractivity contribution in [3.8, 4) is 11.7 Å². The van der Waals surface area contributed by atoms with E-state index in [1.165, 1.54) is 24.6 Å². The van der Waals surface area contributed by atoms with Gasteiger partial charge >= 0.3 is 0 Å². The monoisotopic (exact) mass is 303 g/mol. The third-order valence-electron chi connectivity index (χ3n) is 3.33. The maximum absolute atomic E-state index is 5.56. The van der Waals surface area contributed by atoms with Crippen molar-refractivity contribution in [1.29, 1.82) is 0 Å². The molecule has 0 aliphatic heterocycles. The molecule has 7 nitrogen and oxygen atoms in total. The third kappa shape index (κ3) is 2.46. The van der Waals surface area contributed by atoms with Crippen LogP contribution in [0.3, 0.4) is 0 Å². The summed E-state index contributed by atoms with van der Waals surface area (Å²) in [6, 6.07) is 3.57. The number of furan rings is 1. The summed E-state index contributed by atoms with van der Waals surface area (Å²) < 4.78 is 12.8. The van der Waals surface area contributed by atoms with E-state index in [1.807, 2.05) is 11.6 Å². The zero-order chi connectivity index (χ0) is 14.2. The van der Waals surface area contributed by atoms with Crippen LogP contribution in [0.2, 0.25) is 0 Å². The highest BCUT2D eigenvalue weighted by atomic mass is 32.2. The van der Waals surface area contributed by atoms with Gasteiger partial charge in [-0.2, -0.15) is 0 Å². The molecule has 0 radical (unpaired) electrons. The zero-order valence-electron chi connectivity index (χ0n) is 11.4. The average Bonchev–Trinajstić information content (AvgIpc) is 2.94. The van der Waals surface area contributed by atoms with Crippen molar-refractivity contribution in [1.82, 2.24) is 25.0 Å². The summed E-state index contributed by atoms with van der Waals surface area (Å²) >= 11 is 1.54. The lowest BCUT2D eigenvalue weighted by molar-refractivity contribution is 0.494. The highest BCUT2D eigenvalue weighted by Gasteiger charge is 2.29. The molecule has 0 unspecified atom stereocenters. The van der Waals surface area contributed by atoms with Gasteiger partial charge in [0.25, 0.3) is 5.89 Å². The Morgan fingerprint density at radius 3 is 2.95 bits per heavy atom. The van der Waals surface area contributed by atoms with Gasteiger partial charge in [-0.25, -0.2) is 0 Å². The van der Waals surface area contributed by atoms with E-state index in [0.29, 0.717) is 29.2 Å². The summed E-state index contributed by atoms with van der Waals surface area (Å²) in [5.74, 6) is 3.73. The maximum Gasteiger partial charge on any atom is 0.283 e. The van der Waals surface area contributed by atoms with Gasteiger partial charge in [0.05, 0.1) is 12.0 Å². The van der Waals surface area contributed by atoms with E-state index in [4.69, 9.17) is 8.83 Å². The molecular weight excluding hydrogens is 290 g/mol. The van der Waals surface area contributed by atoms with Crippen LogP contribution < -0.4 is 0 Å². The number of aromatic nitrogens is 5. The van der Waals surface area contributed by atoms with Crippen molar-refractivity contribution < 1.29 is 8.83 Å². The molecule has 108 valence electrons. The molecule has 0 bridgehead atoms. The normalized spacial score (nSPS) is 14.7. The van der Waals surface area contributed by atoms with Gasteiger partial charge in [-0.3, -0.25) is 0 Å². The van der Waals surface area contributed by atoms with Gasteiger partial charge < -0.3 is 13.4 Å². The van der Waals surface area contributed by atoms with Gasteiger partial charge in [0.15, 0.2) is 10.9 Å². The van der Waals surface area contributed by atoms with Crippen molar-refractivity contribution in [2.75, 3.05) is 0 Å². The van der Waals surface area contributed by atoms with Gasteiger partial charge in [-0.15, -0.1) is 20.4 Å². The lowest BCUT2D eigenvalue weighted by Crippen LogP contribution is -1.97. The number of hydrogen-bond acceptors (Lipinski definition) is 7. The van der Waals surface area contributed by atoms with Gasteiger partial charge in [0.2, 0.25) is 5.89 Å². The Morgan fingerprint density at radius 2 is 2.19 bits per heavy atom. The van der Waals surface area contributed by atoms with Gasteiger partial charge in [0, 0.05) is 13.0 Å². The van der Waals surface area contributed by atoms with Crippen molar-refractivity contribution in [3.05, 3.63) is 30.1 Å². The van der Waals surface area contributed by atoms with Crippen LogP contribution in [-0.2, 0) is 12.8 Å². The molecule has 1 aliphatic carbocycles. The van der Waals surface area contributed by atoms with Crippen molar-refractivity contribution in [2.24, 2.45) is 7.05 Å². The van der Waals surface area contributed by atoms with Gasteiger partial charge in [0.1, 0.15) is 5.82 Å². The minimum atomic E-state index is 0.396. The summed E-state index contributed by atoms with van der Waals surface area (Å²) in [7, 11) is 2.00. The fraction of sp³-hybridized carbons (Fsp3) is 0.385. The predicted molar refractivity (Wildman–Crippen MR) is 74.5 cm³/mol. The van der Waals surface area contributed by atoms with E-state index in [2.05, 4.69) is 20.4 Å². The van der Waals surface area contributed by atoms with E-state index >= 15 is 0 Å². The van der Waals surface area contributed by atoms with Crippen LogP contribution in [0.15, 0.2) is 32.4 Å². The van der Waals surface area contributed by atoms with Crippen LogP contribution in [0.4, 0.5) is 0 Å². The summed E-state index contributed by atoms with van der Waals surface area (Å²) in [4.78, 5) is 0. The van der Waals surface area contributed by atoms with Crippen LogP contribution in [0.5, 0.6) is 0 Å². The molecule has 0 aromatic carbocycles. The largest absolute Gasteiger partial charge is 0.459 e. The number of nitrogens with zero attached hydrogens (tertiary/aromatic N) is 5. The Balaban J connectivity index is 1.45. The highest BCUT2D eigenvalue weighted by Crippen LogP contribution is 2.39. The predicted octanol–water partition coefficient (Wildman–Crippen LogP) is 2.63. The molecule has 1 saturated carbocycles. The quantitative estimate of drug-likeness (QED) is 0.670. The van der Waals surface area contributed by atoms with Gasteiger partial charge in [-0.05, 0) is 25.0 Å². The Labute approximate surface area is 124 Å². The lowest BCUT2D eigenvalue weighted by atomic mass is 10.4. The average molecular weight is 303 g/mol. The molecule has 0 spiro atoms. The molecular formula is C13H13N5O2S. The Kier molecular flexibility index (Phi) is 3.03. The highest BCUT2D eigenvalue weighted by molar-refractivity contribution is 7.98. The molecule has 1 aliphatic rings. The maximum atomic E-state index is 5.56. The van der Waals surface area contributed by atoms with Crippen LogP contribution >= 0.6 is 11.8 Å². The van der Waals surface area contributed by atoms with Crippen molar-refractivity contribution in [2.45, 2.75) is 29.7 Å². The summed E-state index contributed by atoms with van der Waals surface area (Å²) in [5, 5.41) is 17.3. The smallest absolute Gasteiger partial charge is 0.283 e. The van der Waals surface area contributed by atoms with E-state index in [9.17, 15) is 0 Å². The molecule has 8 heteroatoms. The standard InChI is InChI=1S/C13H13N5O2S/c1-18-11(8-4-5-8)15-17-13(18)21-7-10-14-16-12(20-10)9-3-2-6-19-9/h2-3,6,8H,4-5,7H2,1H3. The molecule has 1 fully saturated rings. The molecule has 0 amide bonds. The second-order valence-electron chi connectivity index (χ2n) is 4.94. The van der Waals surface area contributed by atoms with Crippen molar-refractivity contribution in [3.63, 3.8) is 0 Å². The van der Waals surface area contributed by atoms with Crippen LogP contribution in [-0.4, -0.2) is 25.0 Å². The van der Waals surface area contributed by atoms with Crippen LogP contribution in [0.1, 0.15) is 30.5 Å². The second-order valence-corrected chi connectivity index (χ2v) is 5.88. The first-order chi connectivity index (χ1) is 10.3. The number of hydrogen-bond donors (Lipinski definition) is 0. The molecule has 4 rings (SSSR count). The first kappa shape index (κ1) is 12.6. The molecule has 0 atom stereocenters. The topological polar surface area (TPSA) is 82.8 Å². The molecule has 3 aromatic rings. The number of thioether (sulfide) groups is 1. The molecule has 21 heavy (non-hydrogen) atoms. The Morgan fingerprint density at radius 1 is 1.29 bits per heavy atom. The van der Waals surface area contributed by atoms with E-state index in [1.54, 1.807) is 18.4 Å². The molecule has 0 saturated heterocycles. The first-order valence-corrected chi connectivity index (χ1v) is 7.68. The SMILES string of the molecule is Cn1c(SCc2nnc(-c3ccco3)o2)nnc1C1CC1. The zero-order valence-corrected chi connectivity index (χ0v) is 12.2. The van der Waals surface area contributed by atoms with Crippen LogP contribution in [0.25, 0.3) is 11.7 Å². The number of rotatable bonds is 5. The summed E-state index contributed by atoms with van der Waals surface area (Å²) in [6.07, 6.45) is 4.01. The molecule has 0 N–H and O–H groups in total. The van der Waals surface area contributed by atoms with E-state index in [0.717, 1.165) is 11.0 Å². The Bertz CT molecular complexity index is 745.